The molecule has 8 rings (SSSR count). The molecule has 0 aliphatic heterocycles. The van der Waals surface area contributed by atoms with E-state index in [2.05, 4.69) is 11.4 Å². The fraction of sp³-hybridized carbons (Fsp3) is 0.182. The first-order valence-electron chi connectivity index (χ1n) is 14.8. The SMILES string of the molecule is O=C(Cc1nn(-c2ccc(Cl)cc2Cl)c2c1CCc1ccsc1-2)Cc1nn(-c2ccc(Cl)cc2Cl)c2c1CCc1cc(S(=O)(=O)O)sc1-2. The van der Waals surface area contributed by atoms with Gasteiger partial charge in [-0.15, -0.1) is 22.7 Å². The van der Waals surface area contributed by atoms with E-state index in [1.54, 1.807) is 46.4 Å². The van der Waals surface area contributed by atoms with E-state index in [0.29, 0.717) is 66.3 Å². The van der Waals surface area contributed by atoms with Crippen molar-refractivity contribution >= 4 is 85.0 Å². The number of carbonyl (C=O) groups is 1. The van der Waals surface area contributed by atoms with Crippen molar-refractivity contribution in [3.8, 4) is 32.5 Å². The monoisotopic (exact) mass is 774 g/mol. The normalized spacial score (nSPS) is 13.6. The summed E-state index contributed by atoms with van der Waals surface area (Å²) in [5, 5.41) is 13.7. The minimum Gasteiger partial charge on any atom is -0.299 e. The van der Waals surface area contributed by atoms with Gasteiger partial charge in [-0.2, -0.15) is 18.6 Å². The van der Waals surface area contributed by atoms with Gasteiger partial charge in [0, 0.05) is 21.2 Å². The number of aromatic nitrogens is 4. The third-order valence-electron chi connectivity index (χ3n) is 8.64. The molecule has 2 aromatic carbocycles. The zero-order chi connectivity index (χ0) is 33.5. The number of nitrogens with zero attached hydrogens (tertiary/aromatic N) is 4. The fourth-order valence-electron chi connectivity index (χ4n) is 6.53. The molecule has 0 spiro atoms. The van der Waals surface area contributed by atoms with Crippen molar-refractivity contribution in [2.75, 3.05) is 0 Å². The highest BCUT2D eigenvalue weighted by Gasteiger charge is 2.33. The predicted octanol–water partition coefficient (Wildman–Crippen LogP) is 8.93. The van der Waals surface area contributed by atoms with Crippen LogP contribution in [0.3, 0.4) is 0 Å². The number of benzene rings is 2. The van der Waals surface area contributed by atoms with Crippen molar-refractivity contribution in [3.05, 3.63) is 108 Å². The number of thiophene rings is 2. The second kappa shape index (κ2) is 12.1. The molecule has 15 heteroatoms. The van der Waals surface area contributed by atoms with Gasteiger partial charge in [0.25, 0.3) is 0 Å². The molecule has 6 aromatic rings. The van der Waals surface area contributed by atoms with E-state index < -0.39 is 10.1 Å². The van der Waals surface area contributed by atoms with Crippen LogP contribution in [-0.4, -0.2) is 38.3 Å². The van der Waals surface area contributed by atoms with Crippen molar-refractivity contribution in [2.45, 2.75) is 42.7 Å². The Morgan fingerprint density at radius 2 is 1.29 bits per heavy atom. The number of aryl methyl sites for hydroxylation is 2. The van der Waals surface area contributed by atoms with Gasteiger partial charge in [0.15, 0.2) is 0 Å². The van der Waals surface area contributed by atoms with Crippen molar-refractivity contribution in [3.63, 3.8) is 0 Å². The molecule has 244 valence electrons. The first kappa shape index (κ1) is 32.2. The van der Waals surface area contributed by atoms with E-state index in [-0.39, 0.29) is 22.8 Å². The van der Waals surface area contributed by atoms with E-state index in [1.165, 1.54) is 11.6 Å². The maximum absolute atomic E-state index is 14.0. The summed E-state index contributed by atoms with van der Waals surface area (Å²) < 4.78 is 37.2. The summed E-state index contributed by atoms with van der Waals surface area (Å²) >= 11 is 28.3. The zero-order valence-corrected chi connectivity index (χ0v) is 30.1. The Bertz CT molecular complexity index is 2430. The first-order chi connectivity index (χ1) is 23.0. The molecule has 48 heavy (non-hydrogen) atoms. The molecular formula is C33H22Cl4N4O4S3. The second-order valence-electron chi connectivity index (χ2n) is 11.6. The Labute approximate surface area is 303 Å². The van der Waals surface area contributed by atoms with Crippen LogP contribution in [0.4, 0.5) is 0 Å². The van der Waals surface area contributed by atoms with Gasteiger partial charge < -0.3 is 0 Å². The lowest BCUT2D eigenvalue weighted by atomic mass is 9.91. The highest BCUT2D eigenvalue weighted by atomic mass is 35.5. The van der Waals surface area contributed by atoms with Crippen LogP contribution in [0.15, 0.2) is 58.1 Å². The molecule has 2 aliphatic rings. The van der Waals surface area contributed by atoms with Gasteiger partial charge in [0.1, 0.15) is 9.99 Å². The molecule has 4 aromatic heterocycles. The van der Waals surface area contributed by atoms with Crippen LogP contribution in [0.25, 0.3) is 32.5 Å². The number of carbonyl (C=O) groups excluding carboxylic acids is 1. The molecule has 4 heterocycles. The average molecular weight is 777 g/mol. The van der Waals surface area contributed by atoms with E-state index in [4.69, 9.17) is 56.6 Å². The first-order valence-corrected chi connectivity index (χ1v) is 19.4. The second-order valence-corrected chi connectivity index (χ2v) is 16.9. The predicted molar refractivity (Wildman–Crippen MR) is 191 cm³/mol. The Kier molecular flexibility index (Phi) is 8.12. The van der Waals surface area contributed by atoms with Gasteiger partial charge >= 0.3 is 10.1 Å². The fourth-order valence-corrected chi connectivity index (χ4v) is 10.5. The van der Waals surface area contributed by atoms with Crippen LogP contribution >= 0.6 is 69.1 Å². The largest absolute Gasteiger partial charge is 0.304 e. The Morgan fingerprint density at radius 3 is 1.83 bits per heavy atom. The molecule has 0 saturated carbocycles. The quantitative estimate of drug-likeness (QED) is 0.162. The number of Topliss-reactive ketones (excluding diaryl/α,β-unsaturated/α-hetero) is 1. The minimum atomic E-state index is -4.41. The summed E-state index contributed by atoms with van der Waals surface area (Å²) in [5.41, 5.74) is 7.92. The molecule has 0 radical (unpaired) electrons. The third-order valence-corrected chi connectivity index (χ3v) is 13.2. The Morgan fingerprint density at radius 1 is 0.750 bits per heavy atom. The van der Waals surface area contributed by atoms with E-state index >= 15 is 0 Å². The molecule has 0 bridgehead atoms. The van der Waals surface area contributed by atoms with Gasteiger partial charge in [0.2, 0.25) is 0 Å². The van der Waals surface area contributed by atoms with Crippen molar-refractivity contribution in [1.82, 2.24) is 19.6 Å². The van der Waals surface area contributed by atoms with E-state index in [0.717, 1.165) is 51.4 Å². The smallest absolute Gasteiger partial charge is 0.299 e. The Balaban J connectivity index is 1.20. The summed E-state index contributed by atoms with van der Waals surface area (Å²) in [7, 11) is -4.41. The summed E-state index contributed by atoms with van der Waals surface area (Å²) in [5.74, 6) is -0.0770. The Hall–Kier alpha value is -3.00. The lowest BCUT2D eigenvalue weighted by Gasteiger charge is -2.16. The molecule has 0 amide bonds. The molecule has 0 atom stereocenters. The molecule has 0 unspecified atom stereocenters. The number of fused-ring (bicyclic) bond motifs is 6. The molecule has 0 fully saturated rings. The van der Waals surface area contributed by atoms with Gasteiger partial charge in [-0.1, -0.05) is 46.4 Å². The van der Waals surface area contributed by atoms with Crippen LogP contribution in [0.5, 0.6) is 0 Å². The minimum absolute atomic E-state index is 0.0278. The van der Waals surface area contributed by atoms with Crippen LogP contribution < -0.4 is 0 Å². The summed E-state index contributed by atoms with van der Waals surface area (Å²) in [6.45, 7) is 0. The maximum atomic E-state index is 14.0. The van der Waals surface area contributed by atoms with E-state index in [9.17, 15) is 17.8 Å². The van der Waals surface area contributed by atoms with Crippen molar-refractivity contribution in [1.29, 1.82) is 0 Å². The van der Waals surface area contributed by atoms with Crippen molar-refractivity contribution in [2.24, 2.45) is 0 Å². The van der Waals surface area contributed by atoms with Crippen LogP contribution in [0.1, 0.15) is 33.6 Å². The molecular weight excluding hydrogens is 754 g/mol. The lowest BCUT2D eigenvalue weighted by molar-refractivity contribution is -0.117. The molecule has 2 aliphatic carbocycles. The maximum Gasteiger partial charge on any atom is 0.304 e. The van der Waals surface area contributed by atoms with Crippen LogP contribution in [0.2, 0.25) is 20.1 Å². The summed E-state index contributed by atoms with van der Waals surface area (Å²) in [4.78, 5) is 15.7. The topological polar surface area (TPSA) is 107 Å². The number of halogens is 4. The lowest BCUT2D eigenvalue weighted by Crippen LogP contribution is -2.12. The summed E-state index contributed by atoms with van der Waals surface area (Å²) in [6, 6.07) is 13.9. The molecule has 8 nitrogen and oxygen atoms in total. The van der Waals surface area contributed by atoms with Gasteiger partial charge in [-0.25, -0.2) is 9.36 Å². The van der Waals surface area contributed by atoms with Gasteiger partial charge in [-0.05, 0) is 90.7 Å². The standard InChI is InChI=1S/C33H22Cl4N4O4S3/c34-18-3-7-27(23(36)12-18)40-30-21(5-1-16-9-10-46-32(16)30)25(38-40)14-20(42)15-26-22-6-2-17-11-29(48(43,44)45)47-33(17)31(22)41(39-26)28-8-4-19(35)13-24(28)37/h3-4,7-13H,1-2,5-6,14-15H2,(H,43,44,45). The van der Waals surface area contributed by atoms with E-state index in [1.807, 2.05) is 10.7 Å². The molecule has 1 N–H and O–H groups in total. The third kappa shape index (κ3) is 5.54. The van der Waals surface area contributed by atoms with Crippen LogP contribution in [-0.2, 0) is 53.4 Å². The number of ketones is 1. The van der Waals surface area contributed by atoms with Crippen molar-refractivity contribution < 1.29 is 17.8 Å². The number of hydrogen-bond donors (Lipinski definition) is 1. The highest BCUT2D eigenvalue weighted by Crippen LogP contribution is 2.45. The highest BCUT2D eigenvalue weighted by molar-refractivity contribution is 7.88. The number of hydrogen-bond acceptors (Lipinski definition) is 7. The van der Waals surface area contributed by atoms with Gasteiger partial charge in [-0.3, -0.25) is 9.35 Å². The average Bonchev–Trinajstić information content (AvgIpc) is 3.81. The van der Waals surface area contributed by atoms with Gasteiger partial charge in [0.05, 0.1) is 66.8 Å². The number of rotatable bonds is 7. The van der Waals surface area contributed by atoms with Crippen LogP contribution in [0, 0.1) is 0 Å². The summed E-state index contributed by atoms with van der Waals surface area (Å²) in [6.07, 6.45) is 2.75. The molecule has 0 saturated heterocycles. The zero-order valence-electron chi connectivity index (χ0n) is 24.6.